The first kappa shape index (κ1) is 11.0. The summed E-state index contributed by atoms with van der Waals surface area (Å²) in [6.07, 6.45) is 1.56. The van der Waals surface area contributed by atoms with Gasteiger partial charge in [0, 0.05) is 17.6 Å². The second-order valence-corrected chi connectivity index (χ2v) is 4.68. The monoisotopic (exact) mass is 243 g/mol. The lowest BCUT2D eigenvalue weighted by atomic mass is 10.0. The Hall–Kier alpha value is -2.10. The van der Waals surface area contributed by atoms with Crippen molar-refractivity contribution in [3.8, 4) is 0 Å². The highest BCUT2D eigenvalue weighted by atomic mass is 16.4. The van der Waals surface area contributed by atoms with Gasteiger partial charge in [-0.05, 0) is 31.4 Å². The van der Waals surface area contributed by atoms with Crippen LogP contribution < -0.4 is 5.43 Å². The number of aryl methyl sites for hydroxylation is 2. The number of carbonyl (C=O) groups is 1. The van der Waals surface area contributed by atoms with E-state index in [9.17, 15) is 14.7 Å². The van der Waals surface area contributed by atoms with Gasteiger partial charge in [-0.25, -0.2) is 4.79 Å². The summed E-state index contributed by atoms with van der Waals surface area (Å²) in [4.78, 5) is 23.6. The molecule has 0 amide bonds. The summed E-state index contributed by atoms with van der Waals surface area (Å²) in [6, 6.07) is 5.46. The molecule has 0 bridgehead atoms. The number of aromatic carboxylic acids is 1. The summed E-state index contributed by atoms with van der Waals surface area (Å²) in [5.74, 6) is -1.12. The van der Waals surface area contributed by atoms with Crippen LogP contribution in [0.15, 0.2) is 23.0 Å². The van der Waals surface area contributed by atoms with Crippen molar-refractivity contribution in [2.75, 3.05) is 0 Å². The number of carboxylic acid groups (broad SMARTS) is 1. The second kappa shape index (κ2) is 3.70. The van der Waals surface area contributed by atoms with Crippen LogP contribution in [-0.2, 0) is 13.0 Å². The van der Waals surface area contributed by atoms with E-state index < -0.39 is 5.97 Å². The molecule has 0 spiro atoms. The molecule has 18 heavy (non-hydrogen) atoms. The number of nitrogens with zero attached hydrogens (tertiary/aromatic N) is 1. The van der Waals surface area contributed by atoms with E-state index >= 15 is 0 Å². The van der Waals surface area contributed by atoms with Crippen LogP contribution in [0.5, 0.6) is 0 Å². The van der Waals surface area contributed by atoms with Gasteiger partial charge in [0.1, 0.15) is 5.56 Å². The zero-order chi connectivity index (χ0) is 12.9. The number of pyridine rings is 1. The molecular weight excluding hydrogens is 230 g/mol. The number of rotatable bonds is 1. The highest BCUT2D eigenvalue weighted by molar-refractivity contribution is 5.95. The number of hydrogen-bond acceptors (Lipinski definition) is 2. The fourth-order valence-electron chi connectivity index (χ4n) is 2.87. The summed E-state index contributed by atoms with van der Waals surface area (Å²) in [5.41, 5.74) is 2.18. The Kier molecular flexibility index (Phi) is 2.26. The molecule has 2 heterocycles. The molecule has 4 nitrogen and oxygen atoms in total. The predicted octanol–water partition coefficient (Wildman–Crippen LogP) is 1.95. The molecule has 92 valence electrons. The van der Waals surface area contributed by atoms with Gasteiger partial charge in [-0.2, -0.15) is 0 Å². The third-order valence-corrected chi connectivity index (χ3v) is 3.60. The minimum Gasteiger partial charge on any atom is -0.477 e. The Balaban J connectivity index is 2.59. The van der Waals surface area contributed by atoms with Gasteiger partial charge >= 0.3 is 5.97 Å². The number of fused-ring (bicyclic) bond motifs is 3. The number of para-hydroxylation sites is 1. The Bertz CT molecular complexity index is 728. The zero-order valence-electron chi connectivity index (χ0n) is 10.1. The third-order valence-electron chi connectivity index (χ3n) is 3.60. The number of aromatic nitrogens is 1. The Morgan fingerprint density at radius 3 is 2.89 bits per heavy atom. The van der Waals surface area contributed by atoms with Crippen LogP contribution in [0.2, 0.25) is 0 Å². The maximum absolute atomic E-state index is 12.3. The second-order valence-electron chi connectivity index (χ2n) is 4.68. The van der Waals surface area contributed by atoms with E-state index in [1.807, 2.05) is 17.6 Å². The van der Waals surface area contributed by atoms with Crippen molar-refractivity contribution < 1.29 is 9.90 Å². The van der Waals surface area contributed by atoms with Crippen LogP contribution in [-0.4, -0.2) is 15.6 Å². The van der Waals surface area contributed by atoms with Gasteiger partial charge in [0.05, 0.1) is 5.52 Å². The van der Waals surface area contributed by atoms with Gasteiger partial charge in [0.2, 0.25) is 5.43 Å². The quantitative estimate of drug-likeness (QED) is 0.832. The van der Waals surface area contributed by atoms with Crippen molar-refractivity contribution in [3.05, 3.63) is 45.2 Å². The zero-order valence-corrected chi connectivity index (χ0v) is 10.1. The van der Waals surface area contributed by atoms with Crippen molar-refractivity contribution in [1.82, 2.24) is 4.57 Å². The summed E-state index contributed by atoms with van der Waals surface area (Å²) < 4.78 is 2.00. The summed E-state index contributed by atoms with van der Waals surface area (Å²) in [7, 11) is 0. The maximum atomic E-state index is 12.3. The van der Waals surface area contributed by atoms with Gasteiger partial charge in [-0.1, -0.05) is 12.1 Å². The molecule has 1 aromatic heterocycles. The van der Waals surface area contributed by atoms with Crippen LogP contribution in [0.3, 0.4) is 0 Å². The molecule has 1 aliphatic heterocycles. The fraction of sp³-hybridized carbons (Fsp3) is 0.286. The van der Waals surface area contributed by atoms with Crippen molar-refractivity contribution in [2.24, 2.45) is 0 Å². The summed E-state index contributed by atoms with van der Waals surface area (Å²) >= 11 is 0. The molecule has 0 fully saturated rings. The van der Waals surface area contributed by atoms with Gasteiger partial charge in [0.25, 0.3) is 0 Å². The standard InChI is InChI=1S/C14H13NO3/c1-8-4-2-5-9-12(8)15-7-3-6-10(15)11(13(9)16)14(17)18/h2,4-5H,3,6-7H2,1H3,(H,17,18). The van der Waals surface area contributed by atoms with Crippen molar-refractivity contribution in [3.63, 3.8) is 0 Å². The summed E-state index contributed by atoms with van der Waals surface area (Å²) in [5, 5.41) is 9.76. The van der Waals surface area contributed by atoms with Crippen LogP contribution in [0.25, 0.3) is 10.9 Å². The van der Waals surface area contributed by atoms with Crippen molar-refractivity contribution in [1.29, 1.82) is 0 Å². The number of benzene rings is 1. The molecule has 0 atom stereocenters. The van der Waals surface area contributed by atoms with Gasteiger partial charge in [-0.15, -0.1) is 0 Å². The van der Waals surface area contributed by atoms with E-state index in [2.05, 4.69) is 0 Å². The van der Waals surface area contributed by atoms with E-state index in [1.165, 1.54) is 0 Å². The molecular formula is C14H13NO3. The molecule has 0 aliphatic carbocycles. The molecule has 0 unspecified atom stereocenters. The summed E-state index contributed by atoms with van der Waals surface area (Å²) in [6.45, 7) is 2.74. The topological polar surface area (TPSA) is 59.3 Å². The van der Waals surface area contributed by atoms with E-state index in [-0.39, 0.29) is 11.0 Å². The molecule has 0 radical (unpaired) electrons. The maximum Gasteiger partial charge on any atom is 0.341 e. The largest absolute Gasteiger partial charge is 0.477 e. The first-order valence-electron chi connectivity index (χ1n) is 5.99. The minimum atomic E-state index is -1.12. The van der Waals surface area contributed by atoms with Gasteiger partial charge in [0.15, 0.2) is 0 Å². The lowest BCUT2D eigenvalue weighted by Gasteiger charge is -2.13. The SMILES string of the molecule is Cc1cccc2c(=O)c(C(=O)O)c3n(c12)CCC3. The van der Waals surface area contributed by atoms with E-state index in [0.29, 0.717) is 17.5 Å². The first-order chi connectivity index (χ1) is 8.61. The molecule has 2 aromatic rings. The number of carboxylic acids is 1. The molecule has 1 N–H and O–H groups in total. The number of hydrogen-bond donors (Lipinski definition) is 1. The van der Waals surface area contributed by atoms with Crippen LogP contribution in [0.1, 0.15) is 28.0 Å². The van der Waals surface area contributed by atoms with E-state index in [4.69, 9.17) is 0 Å². The molecule has 3 rings (SSSR count). The normalized spacial score (nSPS) is 13.8. The predicted molar refractivity (Wildman–Crippen MR) is 68.2 cm³/mol. The van der Waals surface area contributed by atoms with Gasteiger partial charge < -0.3 is 9.67 Å². The molecule has 1 aromatic carbocycles. The smallest absolute Gasteiger partial charge is 0.341 e. The molecule has 0 saturated heterocycles. The van der Waals surface area contributed by atoms with E-state index in [0.717, 1.165) is 24.0 Å². The lowest BCUT2D eigenvalue weighted by Crippen LogP contribution is -2.21. The highest BCUT2D eigenvalue weighted by Gasteiger charge is 2.25. The van der Waals surface area contributed by atoms with Gasteiger partial charge in [-0.3, -0.25) is 4.79 Å². The third kappa shape index (κ3) is 1.32. The Labute approximate surface area is 103 Å². The van der Waals surface area contributed by atoms with Crippen molar-refractivity contribution >= 4 is 16.9 Å². The fourth-order valence-corrected chi connectivity index (χ4v) is 2.87. The van der Waals surface area contributed by atoms with E-state index in [1.54, 1.807) is 12.1 Å². The lowest BCUT2D eigenvalue weighted by molar-refractivity contribution is 0.0694. The highest BCUT2D eigenvalue weighted by Crippen LogP contribution is 2.25. The van der Waals surface area contributed by atoms with Crippen LogP contribution >= 0.6 is 0 Å². The Morgan fingerprint density at radius 1 is 1.39 bits per heavy atom. The average molecular weight is 243 g/mol. The Morgan fingerprint density at radius 2 is 2.17 bits per heavy atom. The van der Waals surface area contributed by atoms with Crippen LogP contribution in [0, 0.1) is 6.92 Å². The molecule has 0 saturated carbocycles. The van der Waals surface area contributed by atoms with Crippen LogP contribution in [0.4, 0.5) is 0 Å². The average Bonchev–Trinajstić information content (AvgIpc) is 2.77. The van der Waals surface area contributed by atoms with Crippen molar-refractivity contribution in [2.45, 2.75) is 26.3 Å². The molecule has 4 heteroatoms. The first-order valence-corrected chi connectivity index (χ1v) is 5.99. The molecule has 1 aliphatic rings. The minimum absolute atomic E-state index is 0.0504.